The average molecular weight is 358 g/mol. The third-order valence-corrected chi connectivity index (χ3v) is 3.52. The number of halogens is 3. The van der Waals surface area contributed by atoms with Crippen molar-refractivity contribution in [1.82, 2.24) is 9.97 Å². The van der Waals surface area contributed by atoms with Crippen LogP contribution in [0, 0.1) is 17.5 Å². The minimum Gasteiger partial charge on any atom is -0.366 e. The summed E-state index contributed by atoms with van der Waals surface area (Å²) in [5.41, 5.74) is -0.235. The molecule has 1 aromatic heterocycles. The molecule has 3 rings (SSSR count). The van der Waals surface area contributed by atoms with Crippen LogP contribution in [-0.4, -0.2) is 15.9 Å². The molecule has 2 aromatic carbocycles. The van der Waals surface area contributed by atoms with E-state index in [0.717, 1.165) is 18.5 Å². The zero-order valence-corrected chi connectivity index (χ0v) is 13.3. The minimum atomic E-state index is -0.898. The molecular weight excluding hydrogens is 345 g/mol. The fourth-order valence-electron chi connectivity index (χ4n) is 2.20. The van der Waals surface area contributed by atoms with Crippen LogP contribution in [0.15, 0.2) is 54.9 Å². The molecule has 2 N–H and O–H groups in total. The summed E-state index contributed by atoms with van der Waals surface area (Å²) in [6.07, 6.45) is 1.12. The lowest BCUT2D eigenvalue weighted by molar-refractivity contribution is 0.102. The second-order valence-electron chi connectivity index (χ2n) is 5.28. The Labute approximate surface area is 146 Å². The highest BCUT2D eigenvalue weighted by molar-refractivity contribution is 6.03. The zero-order valence-electron chi connectivity index (χ0n) is 13.3. The first-order valence-electron chi connectivity index (χ1n) is 7.59. The van der Waals surface area contributed by atoms with Crippen molar-refractivity contribution in [1.29, 1.82) is 0 Å². The van der Waals surface area contributed by atoms with E-state index in [1.165, 1.54) is 18.2 Å². The molecule has 26 heavy (non-hydrogen) atoms. The standard InChI is InChI=1S/C18H13F3N4O/c19-12-5-2-1-4-11(12)9-22-16-8-15(23-10-24-16)18(26)25-17-13(20)6-3-7-14(17)21/h1-8,10H,9H2,(H,25,26)(H,22,23,24). The lowest BCUT2D eigenvalue weighted by atomic mass is 10.2. The number of para-hydroxylation sites is 1. The Morgan fingerprint density at radius 2 is 1.62 bits per heavy atom. The molecule has 1 amide bonds. The molecule has 0 atom stereocenters. The van der Waals surface area contributed by atoms with Crippen LogP contribution in [0.1, 0.15) is 16.1 Å². The topological polar surface area (TPSA) is 66.9 Å². The van der Waals surface area contributed by atoms with Crippen LogP contribution in [0.5, 0.6) is 0 Å². The second-order valence-corrected chi connectivity index (χ2v) is 5.28. The van der Waals surface area contributed by atoms with Crippen molar-refractivity contribution in [2.24, 2.45) is 0 Å². The molecule has 0 bridgehead atoms. The summed E-state index contributed by atoms with van der Waals surface area (Å²) in [7, 11) is 0. The molecule has 132 valence electrons. The van der Waals surface area contributed by atoms with Gasteiger partial charge in [0, 0.05) is 18.2 Å². The number of carbonyl (C=O) groups is 1. The number of nitrogens with zero attached hydrogens (tertiary/aromatic N) is 2. The number of hydrogen-bond acceptors (Lipinski definition) is 4. The first kappa shape index (κ1) is 17.4. The number of hydrogen-bond donors (Lipinski definition) is 2. The molecule has 0 aliphatic carbocycles. The molecule has 8 heteroatoms. The van der Waals surface area contributed by atoms with Crippen molar-refractivity contribution in [3.63, 3.8) is 0 Å². The van der Waals surface area contributed by atoms with E-state index in [9.17, 15) is 18.0 Å². The number of amides is 1. The quantitative estimate of drug-likeness (QED) is 0.729. The number of anilines is 2. The van der Waals surface area contributed by atoms with Gasteiger partial charge in [0.1, 0.15) is 41.0 Å². The molecule has 0 radical (unpaired) electrons. The first-order chi connectivity index (χ1) is 12.5. The van der Waals surface area contributed by atoms with Gasteiger partial charge in [0.15, 0.2) is 0 Å². The summed E-state index contributed by atoms with van der Waals surface area (Å²) in [6, 6.07) is 10.8. The van der Waals surface area contributed by atoms with E-state index >= 15 is 0 Å². The van der Waals surface area contributed by atoms with E-state index in [4.69, 9.17) is 0 Å². The van der Waals surface area contributed by atoms with Crippen LogP contribution < -0.4 is 10.6 Å². The summed E-state index contributed by atoms with van der Waals surface area (Å²) in [5.74, 6) is -2.70. The third-order valence-electron chi connectivity index (χ3n) is 3.52. The molecule has 0 fully saturated rings. The maximum absolute atomic E-state index is 13.6. The van der Waals surface area contributed by atoms with Crippen LogP contribution in [0.3, 0.4) is 0 Å². The molecule has 1 heterocycles. The van der Waals surface area contributed by atoms with E-state index in [0.29, 0.717) is 5.56 Å². The highest BCUT2D eigenvalue weighted by atomic mass is 19.1. The Balaban J connectivity index is 1.72. The maximum atomic E-state index is 13.6. The van der Waals surface area contributed by atoms with Gasteiger partial charge in [-0.25, -0.2) is 23.1 Å². The molecule has 5 nitrogen and oxygen atoms in total. The van der Waals surface area contributed by atoms with E-state index in [2.05, 4.69) is 20.6 Å². The van der Waals surface area contributed by atoms with Crippen LogP contribution in [-0.2, 0) is 6.54 Å². The van der Waals surface area contributed by atoms with Gasteiger partial charge in [-0.3, -0.25) is 4.79 Å². The normalized spacial score (nSPS) is 10.4. The largest absolute Gasteiger partial charge is 0.366 e. The number of benzene rings is 2. The highest BCUT2D eigenvalue weighted by Crippen LogP contribution is 2.19. The molecule has 3 aromatic rings. The Morgan fingerprint density at radius 3 is 2.35 bits per heavy atom. The van der Waals surface area contributed by atoms with E-state index in [1.807, 2.05) is 0 Å². The number of carbonyl (C=O) groups excluding carboxylic acids is 1. The van der Waals surface area contributed by atoms with Crippen molar-refractivity contribution >= 4 is 17.4 Å². The van der Waals surface area contributed by atoms with Gasteiger partial charge in [0.05, 0.1) is 0 Å². The van der Waals surface area contributed by atoms with Crippen LogP contribution >= 0.6 is 0 Å². The van der Waals surface area contributed by atoms with Crippen molar-refractivity contribution in [3.05, 3.63) is 83.6 Å². The molecule has 0 saturated carbocycles. The van der Waals surface area contributed by atoms with Crippen molar-refractivity contribution in [2.45, 2.75) is 6.54 Å². The summed E-state index contributed by atoms with van der Waals surface area (Å²) in [6.45, 7) is 0.146. The summed E-state index contributed by atoms with van der Waals surface area (Å²) < 4.78 is 40.8. The first-order valence-corrected chi connectivity index (χ1v) is 7.59. The second kappa shape index (κ2) is 7.64. The number of nitrogens with one attached hydrogen (secondary N) is 2. The smallest absolute Gasteiger partial charge is 0.274 e. The van der Waals surface area contributed by atoms with Crippen LogP contribution in [0.25, 0.3) is 0 Å². The van der Waals surface area contributed by atoms with Crippen molar-refractivity contribution in [3.8, 4) is 0 Å². The Kier molecular flexibility index (Phi) is 5.12. The van der Waals surface area contributed by atoms with Gasteiger partial charge in [0.25, 0.3) is 5.91 Å². The van der Waals surface area contributed by atoms with Gasteiger partial charge < -0.3 is 10.6 Å². The van der Waals surface area contributed by atoms with Gasteiger partial charge in [-0.15, -0.1) is 0 Å². The SMILES string of the molecule is O=C(Nc1c(F)cccc1F)c1cc(NCc2ccccc2F)ncn1. The monoisotopic (exact) mass is 358 g/mol. The molecule has 0 spiro atoms. The molecule has 0 aliphatic heterocycles. The third kappa shape index (κ3) is 3.97. The molecule has 0 unspecified atom stereocenters. The fourth-order valence-corrected chi connectivity index (χ4v) is 2.20. The van der Waals surface area contributed by atoms with E-state index in [1.54, 1.807) is 18.2 Å². The Hall–Kier alpha value is -3.42. The lowest BCUT2D eigenvalue weighted by Gasteiger charge is -2.09. The Bertz CT molecular complexity index is 929. The van der Waals surface area contributed by atoms with Gasteiger partial charge >= 0.3 is 0 Å². The highest BCUT2D eigenvalue weighted by Gasteiger charge is 2.15. The Morgan fingerprint density at radius 1 is 0.923 bits per heavy atom. The number of rotatable bonds is 5. The maximum Gasteiger partial charge on any atom is 0.274 e. The molecular formula is C18H13F3N4O. The summed E-state index contributed by atoms with van der Waals surface area (Å²) in [4.78, 5) is 19.9. The van der Waals surface area contributed by atoms with Crippen molar-refractivity contribution in [2.75, 3.05) is 10.6 Å². The van der Waals surface area contributed by atoms with Crippen molar-refractivity contribution < 1.29 is 18.0 Å². The lowest BCUT2D eigenvalue weighted by Crippen LogP contribution is -2.16. The van der Waals surface area contributed by atoms with Gasteiger partial charge in [-0.1, -0.05) is 24.3 Å². The molecule has 0 saturated heterocycles. The predicted molar refractivity (Wildman–Crippen MR) is 90.1 cm³/mol. The summed E-state index contributed by atoms with van der Waals surface area (Å²) >= 11 is 0. The van der Waals surface area contributed by atoms with Crippen LogP contribution in [0.4, 0.5) is 24.7 Å². The minimum absolute atomic E-state index is 0.0984. The number of aromatic nitrogens is 2. The van der Waals surface area contributed by atoms with Gasteiger partial charge in [-0.2, -0.15) is 0 Å². The van der Waals surface area contributed by atoms with E-state index in [-0.39, 0.29) is 23.9 Å². The fraction of sp³-hybridized carbons (Fsp3) is 0.0556. The van der Waals surface area contributed by atoms with Gasteiger partial charge in [0.2, 0.25) is 0 Å². The van der Waals surface area contributed by atoms with Crippen LogP contribution in [0.2, 0.25) is 0 Å². The summed E-state index contributed by atoms with van der Waals surface area (Å²) in [5, 5.41) is 5.00. The van der Waals surface area contributed by atoms with Gasteiger partial charge in [-0.05, 0) is 18.2 Å². The zero-order chi connectivity index (χ0) is 18.5. The average Bonchev–Trinajstić information content (AvgIpc) is 2.64. The molecule has 0 aliphatic rings. The predicted octanol–water partition coefficient (Wildman–Crippen LogP) is 3.76. The van der Waals surface area contributed by atoms with E-state index < -0.39 is 23.2 Å².